The normalized spacial score (nSPS) is 20.8. The lowest BCUT2D eigenvalue weighted by atomic mass is 10.0. The van der Waals surface area contributed by atoms with E-state index in [-0.39, 0.29) is 48.2 Å². The van der Waals surface area contributed by atoms with Gasteiger partial charge in [-0.15, -0.1) is 0 Å². The van der Waals surface area contributed by atoms with Crippen LogP contribution in [0.4, 0.5) is 10.5 Å². The van der Waals surface area contributed by atoms with Gasteiger partial charge in [0.2, 0.25) is 10.0 Å². The Labute approximate surface area is 273 Å². The van der Waals surface area contributed by atoms with Crippen LogP contribution in [-0.4, -0.2) is 99.4 Å². The highest BCUT2D eigenvalue weighted by Gasteiger charge is 2.32. The molecule has 12 nitrogen and oxygen atoms in total. The molecule has 3 rings (SSSR count). The van der Waals surface area contributed by atoms with E-state index in [0.29, 0.717) is 30.2 Å². The maximum absolute atomic E-state index is 14.2. The first-order valence-electron chi connectivity index (χ1n) is 15.8. The molecule has 3 N–H and O–H groups in total. The summed E-state index contributed by atoms with van der Waals surface area (Å²) in [5, 5.41) is 15.7. The Morgan fingerprint density at radius 3 is 2.46 bits per heavy atom. The molecule has 13 heteroatoms. The summed E-state index contributed by atoms with van der Waals surface area (Å²) < 4.78 is 45.9. The zero-order chi connectivity index (χ0) is 34.0. The van der Waals surface area contributed by atoms with Crippen molar-refractivity contribution in [2.24, 2.45) is 5.92 Å². The highest BCUT2D eigenvalue weighted by atomic mass is 32.2. The fourth-order valence-corrected chi connectivity index (χ4v) is 6.35. The Morgan fingerprint density at radius 2 is 1.83 bits per heavy atom. The average Bonchev–Trinajstić information content (AvgIpc) is 3.01. The molecule has 0 saturated heterocycles. The summed E-state index contributed by atoms with van der Waals surface area (Å²) in [7, 11) is -0.813. The highest BCUT2D eigenvalue weighted by Crippen LogP contribution is 2.29. The number of carbonyl (C=O) groups is 2. The second-order valence-electron chi connectivity index (χ2n) is 12.2. The number of likely N-dealkylation sites (N-methyl/N-ethyl adjacent to an activating group) is 1. The summed E-state index contributed by atoms with van der Waals surface area (Å²) in [6.45, 7) is 9.61. The van der Waals surface area contributed by atoms with Gasteiger partial charge in [-0.25, -0.2) is 13.2 Å². The second-order valence-corrected chi connectivity index (χ2v) is 14.3. The van der Waals surface area contributed by atoms with Gasteiger partial charge in [-0.1, -0.05) is 6.92 Å². The lowest BCUT2D eigenvalue weighted by Gasteiger charge is -2.35. The Bertz CT molecular complexity index is 1400. The lowest BCUT2D eigenvalue weighted by Crippen LogP contribution is -2.48. The number of benzene rings is 2. The monoisotopic (exact) mass is 662 g/mol. The van der Waals surface area contributed by atoms with Crippen LogP contribution in [0.1, 0.15) is 64.2 Å². The molecule has 0 spiro atoms. The first kappa shape index (κ1) is 37.1. The lowest BCUT2D eigenvalue weighted by molar-refractivity contribution is -0.00834. The van der Waals surface area contributed by atoms with E-state index in [1.807, 2.05) is 27.7 Å². The fourth-order valence-electron chi connectivity index (χ4n) is 5.17. The zero-order valence-corrected chi connectivity index (χ0v) is 28.8. The Kier molecular flexibility index (Phi) is 13.7. The molecule has 256 valence electrons. The van der Waals surface area contributed by atoms with Crippen LogP contribution in [-0.2, 0) is 14.8 Å². The third-order valence-electron chi connectivity index (χ3n) is 7.93. The molecule has 2 aromatic carbocycles. The van der Waals surface area contributed by atoms with Gasteiger partial charge in [0.05, 0.1) is 42.4 Å². The first-order valence-corrected chi connectivity index (χ1v) is 17.2. The molecule has 0 radical (unpaired) electrons. The predicted molar refractivity (Wildman–Crippen MR) is 177 cm³/mol. The van der Waals surface area contributed by atoms with Crippen molar-refractivity contribution in [2.45, 2.75) is 83.1 Å². The minimum absolute atomic E-state index is 0.0558. The van der Waals surface area contributed by atoms with Crippen molar-refractivity contribution >= 4 is 27.6 Å². The molecule has 3 amide bonds. The van der Waals surface area contributed by atoms with Crippen molar-refractivity contribution in [3.63, 3.8) is 0 Å². The summed E-state index contributed by atoms with van der Waals surface area (Å²) in [4.78, 5) is 28.4. The second kappa shape index (κ2) is 17.0. The van der Waals surface area contributed by atoms with E-state index in [0.717, 1.165) is 12.8 Å². The summed E-state index contributed by atoms with van der Waals surface area (Å²) in [5.41, 5.74) is 0.661. The fraction of sp³-hybridized carbons (Fsp3) is 0.576. The number of methoxy groups -OCH3 is 1. The van der Waals surface area contributed by atoms with Gasteiger partial charge in [-0.2, -0.15) is 4.31 Å². The van der Waals surface area contributed by atoms with Crippen LogP contribution in [0, 0.1) is 5.92 Å². The maximum Gasteiger partial charge on any atom is 0.319 e. The van der Waals surface area contributed by atoms with Crippen LogP contribution < -0.4 is 20.1 Å². The largest absolute Gasteiger partial charge is 0.497 e. The number of anilines is 1. The standard InChI is InChI=1S/C33H50N4O8S/c1-22(2)34-33(40)35-26-11-16-30-29(18-26)32(39)37(24(4)21-38)19-23(3)31(44-17-9-8-10-25(5)45-30)20-36(6)46(41,42)28-14-12-27(43-7)13-15-28/h11-16,18,22-25,31,38H,8-10,17,19-21H2,1-7H3,(H2,34,35,40)/t23-,24+,25+,31+/m0/s1. The van der Waals surface area contributed by atoms with Gasteiger partial charge in [0.15, 0.2) is 0 Å². The number of aliphatic hydroxyl groups excluding tert-OH is 1. The molecule has 1 aliphatic rings. The van der Waals surface area contributed by atoms with E-state index in [1.165, 1.54) is 30.6 Å². The molecule has 46 heavy (non-hydrogen) atoms. The zero-order valence-electron chi connectivity index (χ0n) is 28.0. The first-order chi connectivity index (χ1) is 21.8. The number of sulfonamides is 1. The molecule has 0 saturated carbocycles. The van der Waals surface area contributed by atoms with Gasteiger partial charge in [0.1, 0.15) is 11.5 Å². The Hall–Kier alpha value is -3.39. The van der Waals surface area contributed by atoms with Crippen molar-refractivity contribution in [1.82, 2.24) is 14.5 Å². The Balaban J connectivity index is 1.95. The number of aliphatic hydroxyl groups is 1. The SMILES string of the molecule is COc1ccc(S(=O)(=O)N(C)C[C@H]2OCCCC[C@@H](C)Oc3ccc(NC(=O)NC(C)C)cc3C(=O)N([C@H](C)CO)C[C@@H]2C)cc1. The van der Waals surface area contributed by atoms with Crippen molar-refractivity contribution in [2.75, 3.05) is 45.8 Å². The number of fused-ring (bicyclic) bond motifs is 1. The average molecular weight is 663 g/mol. The van der Waals surface area contributed by atoms with E-state index >= 15 is 0 Å². The molecule has 0 unspecified atom stereocenters. The summed E-state index contributed by atoms with van der Waals surface area (Å²) in [6.07, 6.45) is 1.48. The Morgan fingerprint density at radius 1 is 1.13 bits per heavy atom. The summed E-state index contributed by atoms with van der Waals surface area (Å²) >= 11 is 0. The van der Waals surface area contributed by atoms with E-state index in [4.69, 9.17) is 14.2 Å². The topological polar surface area (TPSA) is 147 Å². The van der Waals surface area contributed by atoms with Crippen LogP contribution >= 0.6 is 0 Å². The maximum atomic E-state index is 14.2. The third kappa shape index (κ3) is 10.1. The number of ether oxygens (including phenoxy) is 3. The van der Waals surface area contributed by atoms with Gasteiger partial charge in [0.25, 0.3) is 5.91 Å². The number of urea groups is 1. The number of hydrogen-bond donors (Lipinski definition) is 3. The molecular formula is C33H50N4O8S. The molecule has 1 aliphatic heterocycles. The smallest absolute Gasteiger partial charge is 0.319 e. The number of hydrogen-bond acceptors (Lipinski definition) is 8. The number of amides is 3. The highest BCUT2D eigenvalue weighted by molar-refractivity contribution is 7.89. The molecular weight excluding hydrogens is 612 g/mol. The van der Waals surface area contributed by atoms with Gasteiger partial charge in [0, 0.05) is 44.4 Å². The van der Waals surface area contributed by atoms with Crippen LogP contribution in [0.3, 0.4) is 0 Å². The van der Waals surface area contributed by atoms with E-state index in [9.17, 15) is 23.1 Å². The van der Waals surface area contributed by atoms with Crippen molar-refractivity contribution in [1.29, 1.82) is 0 Å². The third-order valence-corrected chi connectivity index (χ3v) is 9.77. The summed E-state index contributed by atoms with van der Waals surface area (Å²) in [5.74, 6) is 0.218. The number of nitrogens with one attached hydrogen (secondary N) is 2. The molecule has 2 aromatic rings. The van der Waals surface area contributed by atoms with Gasteiger partial charge < -0.3 is 34.9 Å². The predicted octanol–water partition coefficient (Wildman–Crippen LogP) is 4.34. The minimum atomic E-state index is -3.84. The van der Waals surface area contributed by atoms with Crippen molar-refractivity contribution in [3.8, 4) is 11.5 Å². The molecule has 4 atom stereocenters. The number of rotatable bonds is 9. The van der Waals surface area contributed by atoms with Gasteiger partial charge >= 0.3 is 6.03 Å². The van der Waals surface area contributed by atoms with Crippen molar-refractivity contribution in [3.05, 3.63) is 48.0 Å². The molecule has 1 heterocycles. The van der Waals surface area contributed by atoms with E-state index in [2.05, 4.69) is 10.6 Å². The number of carbonyl (C=O) groups excluding carboxylic acids is 2. The van der Waals surface area contributed by atoms with Crippen LogP contribution in [0.2, 0.25) is 0 Å². The van der Waals surface area contributed by atoms with Crippen LogP contribution in [0.25, 0.3) is 0 Å². The van der Waals surface area contributed by atoms with Crippen molar-refractivity contribution < 1.29 is 37.3 Å². The van der Waals surface area contributed by atoms with Crippen LogP contribution in [0.15, 0.2) is 47.4 Å². The van der Waals surface area contributed by atoms with Crippen LogP contribution in [0.5, 0.6) is 11.5 Å². The summed E-state index contributed by atoms with van der Waals surface area (Å²) in [6, 6.07) is 10.1. The number of nitrogens with zero attached hydrogens (tertiary/aromatic N) is 2. The molecule has 0 aromatic heterocycles. The minimum Gasteiger partial charge on any atom is -0.497 e. The van der Waals surface area contributed by atoms with Gasteiger partial charge in [-0.05, 0) is 89.4 Å². The van der Waals surface area contributed by atoms with E-state index < -0.39 is 34.1 Å². The van der Waals surface area contributed by atoms with E-state index in [1.54, 1.807) is 42.2 Å². The molecule has 0 bridgehead atoms. The molecule has 0 fully saturated rings. The quantitative estimate of drug-likeness (QED) is 0.360. The van der Waals surface area contributed by atoms with Gasteiger partial charge in [-0.3, -0.25) is 4.79 Å². The molecule has 0 aliphatic carbocycles.